The van der Waals surface area contributed by atoms with Crippen LogP contribution in [0.5, 0.6) is 0 Å². The molecule has 0 spiro atoms. The first kappa shape index (κ1) is 14.0. The minimum atomic E-state index is -0.867. The summed E-state index contributed by atoms with van der Waals surface area (Å²) in [4.78, 5) is 22.8. The Morgan fingerprint density at radius 3 is 2.44 bits per heavy atom. The van der Waals surface area contributed by atoms with Crippen molar-refractivity contribution in [2.24, 2.45) is 11.1 Å². The van der Waals surface area contributed by atoms with Crippen molar-refractivity contribution in [2.75, 3.05) is 12.3 Å². The maximum Gasteiger partial charge on any atom is 0.251 e. The third-order valence-electron chi connectivity index (χ3n) is 2.54. The molecule has 6 heteroatoms. The maximum absolute atomic E-state index is 13.1. The lowest BCUT2D eigenvalue weighted by Crippen LogP contribution is -2.42. The fourth-order valence-corrected chi connectivity index (χ4v) is 1.23. The van der Waals surface area contributed by atoms with E-state index in [1.807, 2.05) is 0 Å². The number of halogens is 1. The van der Waals surface area contributed by atoms with Crippen LogP contribution in [-0.4, -0.2) is 18.4 Å². The topological polar surface area (TPSA) is 98.2 Å². The van der Waals surface area contributed by atoms with E-state index in [0.717, 1.165) is 12.1 Å². The minimum Gasteiger partial charge on any atom is -0.399 e. The first-order valence-corrected chi connectivity index (χ1v) is 5.36. The van der Waals surface area contributed by atoms with E-state index in [4.69, 9.17) is 11.5 Å². The number of primary amides is 1. The van der Waals surface area contributed by atoms with Gasteiger partial charge in [-0.15, -0.1) is 0 Å². The van der Waals surface area contributed by atoms with Gasteiger partial charge in [0.2, 0.25) is 5.91 Å². The van der Waals surface area contributed by atoms with E-state index in [1.54, 1.807) is 13.8 Å². The van der Waals surface area contributed by atoms with Gasteiger partial charge in [0.25, 0.3) is 5.91 Å². The number of nitrogens with two attached hydrogens (primary N) is 2. The number of nitrogen functional groups attached to an aromatic ring is 1. The largest absolute Gasteiger partial charge is 0.399 e. The standard InChI is InChI=1S/C12H16FN3O2/c1-12(2,11(15)18)6-16-10(17)7-3-8(13)5-9(14)4-7/h3-5H,6,14H2,1-2H3,(H2,15,18)(H,16,17). The normalized spacial score (nSPS) is 11.1. The van der Waals surface area contributed by atoms with Crippen molar-refractivity contribution in [3.05, 3.63) is 29.6 Å². The number of rotatable bonds is 4. The molecule has 0 aromatic heterocycles. The maximum atomic E-state index is 13.1. The molecule has 1 rings (SSSR count). The molecule has 98 valence electrons. The van der Waals surface area contributed by atoms with Gasteiger partial charge in [0.05, 0.1) is 5.41 Å². The summed E-state index contributed by atoms with van der Waals surface area (Å²) < 4.78 is 13.1. The summed E-state index contributed by atoms with van der Waals surface area (Å²) >= 11 is 0. The number of hydrogen-bond acceptors (Lipinski definition) is 3. The number of amides is 2. The summed E-state index contributed by atoms with van der Waals surface area (Å²) in [6, 6.07) is 3.54. The van der Waals surface area contributed by atoms with Gasteiger partial charge in [-0.05, 0) is 32.0 Å². The lowest BCUT2D eigenvalue weighted by molar-refractivity contribution is -0.125. The molecule has 0 fully saturated rings. The van der Waals surface area contributed by atoms with Crippen molar-refractivity contribution in [3.63, 3.8) is 0 Å². The zero-order valence-corrected chi connectivity index (χ0v) is 10.3. The fourth-order valence-electron chi connectivity index (χ4n) is 1.23. The predicted octanol–water partition coefficient (Wildman–Crippen LogP) is 0.649. The van der Waals surface area contributed by atoms with E-state index in [1.165, 1.54) is 6.07 Å². The Morgan fingerprint density at radius 2 is 1.94 bits per heavy atom. The van der Waals surface area contributed by atoms with Crippen LogP contribution in [0.3, 0.4) is 0 Å². The highest BCUT2D eigenvalue weighted by molar-refractivity contribution is 5.95. The predicted molar refractivity (Wildman–Crippen MR) is 66.1 cm³/mol. The monoisotopic (exact) mass is 253 g/mol. The van der Waals surface area contributed by atoms with E-state index < -0.39 is 23.0 Å². The third-order valence-corrected chi connectivity index (χ3v) is 2.54. The van der Waals surface area contributed by atoms with Gasteiger partial charge in [-0.25, -0.2) is 4.39 Å². The van der Waals surface area contributed by atoms with E-state index in [0.29, 0.717) is 0 Å². The van der Waals surface area contributed by atoms with Gasteiger partial charge in [0.1, 0.15) is 5.82 Å². The zero-order chi connectivity index (χ0) is 13.9. The molecule has 0 heterocycles. The smallest absolute Gasteiger partial charge is 0.251 e. The number of nitrogens with one attached hydrogen (secondary N) is 1. The van der Waals surface area contributed by atoms with E-state index in [-0.39, 0.29) is 17.8 Å². The Hall–Kier alpha value is -2.11. The molecule has 0 atom stereocenters. The molecule has 0 unspecified atom stereocenters. The van der Waals surface area contributed by atoms with Gasteiger partial charge in [-0.3, -0.25) is 9.59 Å². The molecule has 0 saturated carbocycles. The van der Waals surface area contributed by atoms with Gasteiger partial charge < -0.3 is 16.8 Å². The van der Waals surface area contributed by atoms with Crippen LogP contribution in [0.2, 0.25) is 0 Å². The van der Waals surface area contributed by atoms with Crippen LogP contribution in [0.1, 0.15) is 24.2 Å². The molecule has 0 radical (unpaired) electrons. The molecule has 0 bridgehead atoms. The second kappa shape index (κ2) is 5.03. The summed E-state index contributed by atoms with van der Waals surface area (Å²) in [5.74, 6) is -1.62. The van der Waals surface area contributed by atoms with Gasteiger partial charge in [-0.1, -0.05) is 0 Å². The Kier molecular flexibility index (Phi) is 3.90. The van der Waals surface area contributed by atoms with Crippen LogP contribution in [-0.2, 0) is 4.79 Å². The summed E-state index contributed by atoms with van der Waals surface area (Å²) in [6.45, 7) is 3.28. The van der Waals surface area contributed by atoms with E-state index in [2.05, 4.69) is 5.32 Å². The average Bonchev–Trinajstić information content (AvgIpc) is 2.24. The molecular formula is C12H16FN3O2. The lowest BCUT2D eigenvalue weighted by atomic mass is 9.92. The third kappa shape index (κ3) is 3.44. The van der Waals surface area contributed by atoms with Crippen LogP contribution >= 0.6 is 0 Å². The number of anilines is 1. The summed E-state index contributed by atoms with van der Waals surface area (Å²) in [6.07, 6.45) is 0. The van der Waals surface area contributed by atoms with Crippen LogP contribution in [0.15, 0.2) is 18.2 Å². The Morgan fingerprint density at radius 1 is 1.33 bits per heavy atom. The lowest BCUT2D eigenvalue weighted by Gasteiger charge is -2.20. The van der Waals surface area contributed by atoms with Crippen molar-refractivity contribution in [2.45, 2.75) is 13.8 Å². The van der Waals surface area contributed by atoms with Crippen LogP contribution in [0, 0.1) is 11.2 Å². The van der Waals surface area contributed by atoms with Crippen molar-refractivity contribution in [3.8, 4) is 0 Å². The number of hydrogen-bond donors (Lipinski definition) is 3. The van der Waals surface area contributed by atoms with E-state index in [9.17, 15) is 14.0 Å². The van der Waals surface area contributed by atoms with Gasteiger partial charge >= 0.3 is 0 Å². The Labute approximate surface area is 104 Å². The highest BCUT2D eigenvalue weighted by Gasteiger charge is 2.25. The van der Waals surface area contributed by atoms with Crippen LogP contribution < -0.4 is 16.8 Å². The quantitative estimate of drug-likeness (QED) is 0.687. The summed E-state index contributed by atoms with van der Waals surface area (Å²) in [7, 11) is 0. The Balaban J connectivity index is 2.75. The van der Waals surface area contributed by atoms with Gasteiger partial charge in [0, 0.05) is 17.8 Å². The molecule has 1 aromatic carbocycles. The molecule has 0 aliphatic carbocycles. The highest BCUT2D eigenvalue weighted by atomic mass is 19.1. The van der Waals surface area contributed by atoms with Gasteiger partial charge in [-0.2, -0.15) is 0 Å². The molecule has 0 aliphatic heterocycles. The summed E-state index contributed by atoms with van der Waals surface area (Å²) in [5.41, 5.74) is 10.0. The SMILES string of the molecule is CC(C)(CNC(=O)c1cc(N)cc(F)c1)C(N)=O. The highest BCUT2D eigenvalue weighted by Crippen LogP contribution is 2.14. The minimum absolute atomic E-state index is 0.0670. The average molecular weight is 253 g/mol. The number of carbonyl (C=O) groups excluding carboxylic acids is 2. The Bertz CT molecular complexity index is 466. The van der Waals surface area contributed by atoms with Gasteiger partial charge in [0.15, 0.2) is 0 Å². The molecular weight excluding hydrogens is 237 g/mol. The first-order chi connectivity index (χ1) is 8.22. The van der Waals surface area contributed by atoms with Crippen molar-refractivity contribution in [1.29, 1.82) is 0 Å². The summed E-state index contributed by atoms with van der Waals surface area (Å²) in [5, 5.41) is 2.51. The zero-order valence-electron chi connectivity index (χ0n) is 10.3. The van der Waals surface area contributed by atoms with Crippen molar-refractivity contribution < 1.29 is 14.0 Å². The fraction of sp³-hybridized carbons (Fsp3) is 0.333. The molecule has 1 aromatic rings. The first-order valence-electron chi connectivity index (χ1n) is 5.36. The van der Waals surface area contributed by atoms with Crippen molar-refractivity contribution >= 4 is 17.5 Å². The van der Waals surface area contributed by atoms with E-state index >= 15 is 0 Å². The molecule has 5 nitrogen and oxygen atoms in total. The molecule has 0 aliphatic rings. The molecule has 5 N–H and O–H groups in total. The molecule has 0 saturated heterocycles. The molecule has 2 amide bonds. The second-order valence-corrected chi connectivity index (χ2v) is 4.70. The number of carbonyl (C=O) groups is 2. The van der Waals surface area contributed by atoms with Crippen LogP contribution in [0.4, 0.5) is 10.1 Å². The second-order valence-electron chi connectivity index (χ2n) is 4.70. The van der Waals surface area contributed by atoms with Crippen molar-refractivity contribution in [1.82, 2.24) is 5.32 Å². The molecule has 18 heavy (non-hydrogen) atoms. The number of benzene rings is 1. The van der Waals surface area contributed by atoms with Crippen LogP contribution in [0.25, 0.3) is 0 Å².